The van der Waals surface area contributed by atoms with Crippen LogP contribution in [0, 0.1) is 0 Å². The Morgan fingerprint density at radius 3 is 2.91 bits per heavy atom. The summed E-state index contributed by atoms with van der Waals surface area (Å²) in [6.07, 6.45) is 1.70. The van der Waals surface area contributed by atoms with Gasteiger partial charge in [0.2, 0.25) is 6.79 Å². The van der Waals surface area contributed by atoms with Gasteiger partial charge in [-0.15, -0.1) is 0 Å². The minimum atomic E-state index is -0.128. The number of hydrogen-bond donors (Lipinski definition) is 0. The zero-order chi connectivity index (χ0) is 15.6. The molecule has 0 radical (unpaired) electrons. The third-order valence-corrected chi connectivity index (χ3v) is 3.65. The number of nitrogens with zero attached hydrogens (tertiary/aromatic N) is 1. The molecule has 2 aromatic carbocycles. The van der Waals surface area contributed by atoms with Crippen LogP contribution in [0.4, 0.5) is 0 Å². The molecular weight excluding hydrogens is 294 g/mol. The molecule has 114 valence electrons. The van der Waals surface area contributed by atoms with E-state index in [1.165, 1.54) is 0 Å². The minimum absolute atomic E-state index is 0.0602. The molecule has 0 fully saturated rings. The SMILES string of the molecule is O=C(COc1cccc2cccnc12)c1ccc2c(c1)OCO2. The molecule has 0 spiro atoms. The van der Waals surface area contributed by atoms with Gasteiger partial charge >= 0.3 is 0 Å². The van der Waals surface area contributed by atoms with E-state index in [-0.39, 0.29) is 19.2 Å². The third-order valence-electron chi connectivity index (χ3n) is 3.65. The quantitative estimate of drug-likeness (QED) is 0.693. The van der Waals surface area contributed by atoms with Crippen molar-refractivity contribution in [2.75, 3.05) is 13.4 Å². The van der Waals surface area contributed by atoms with Crippen molar-refractivity contribution in [3.8, 4) is 17.2 Å². The first-order valence-electron chi connectivity index (χ1n) is 7.21. The van der Waals surface area contributed by atoms with Crippen LogP contribution in [0.5, 0.6) is 17.2 Å². The largest absolute Gasteiger partial charge is 0.483 e. The standard InChI is InChI=1S/C18H13NO4/c20-14(13-6-7-15-17(9-13)23-11-22-15)10-21-16-5-1-3-12-4-2-8-19-18(12)16/h1-9H,10-11H2. The van der Waals surface area contributed by atoms with Crippen molar-refractivity contribution in [3.05, 3.63) is 60.3 Å². The highest BCUT2D eigenvalue weighted by atomic mass is 16.7. The molecule has 4 rings (SSSR count). The summed E-state index contributed by atoms with van der Waals surface area (Å²) in [6.45, 7) is 0.125. The van der Waals surface area contributed by atoms with E-state index in [9.17, 15) is 4.79 Å². The maximum Gasteiger partial charge on any atom is 0.231 e. The van der Waals surface area contributed by atoms with Crippen molar-refractivity contribution in [3.63, 3.8) is 0 Å². The van der Waals surface area contributed by atoms with Crippen LogP contribution in [-0.2, 0) is 0 Å². The van der Waals surface area contributed by atoms with E-state index in [0.717, 1.165) is 10.9 Å². The molecule has 0 atom stereocenters. The van der Waals surface area contributed by atoms with E-state index >= 15 is 0 Å². The second kappa shape index (κ2) is 5.61. The van der Waals surface area contributed by atoms with E-state index in [4.69, 9.17) is 14.2 Å². The Morgan fingerprint density at radius 1 is 1.09 bits per heavy atom. The van der Waals surface area contributed by atoms with Crippen molar-refractivity contribution in [2.24, 2.45) is 0 Å². The van der Waals surface area contributed by atoms with Crippen LogP contribution in [0.1, 0.15) is 10.4 Å². The number of ketones is 1. The molecule has 0 aliphatic carbocycles. The first kappa shape index (κ1) is 13.6. The Bertz CT molecular complexity index is 886. The fraction of sp³-hybridized carbons (Fsp3) is 0.111. The van der Waals surface area contributed by atoms with Gasteiger partial charge in [-0.25, -0.2) is 0 Å². The van der Waals surface area contributed by atoms with Crippen molar-refractivity contribution >= 4 is 16.7 Å². The Labute approximate surface area is 132 Å². The van der Waals surface area contributed by atoms with Gasteiger partial charge in [0.25, 0.3) is 0 Å². The molecule has 0 saturated heterocycles. The number of carbonyl (C=O) groups excluding carboxylic acids is 1. The number of para-hydroxylation sites is 1. The summed E-state index contributed by atoms with van der Waals surface area (Å²) in [5.41, 5.74) is 1.27. The average molecular weight is 307 g/mol. The highest BCUT2D eigenvalue weighted by Crippen LogP contribution is 2.32. The van der Waals surface area contributed by atoms with E-state index in [1.807, 2.05) is 30.3 Å². The second-order valence-corrected chi connectivity index (χ2v) is 5.11. The van der Waals surface area contributed by atoms with Gasteiger partial charge in [0, 0.05) is 17.1 Å². The van der Waals surface area contributed by atoms with Crippen LogP contribution in [-0.4, -0.2) is 24.2 Å². The summed E-state index contributed by atoms with van der Waals surface area (Å²) in [5.74, 6) is 1.71. The second-order valence-electron chi connectivity index (χ2n) is 5.11. The molecule has 0 N–H and O–H groups in total. The highest BCUT2D eigenvalue weighted by Gasteiger charge is 2.16. The molecule has 23 heavy (non-hydrogen) atoms. The lowest BCUT2D eigenvalue weighted by Gasteiger charge is -2.08. The molecule has 1 aliphatic rings. The van der Waals surface area contributed by atoms with Gasteiger partial charge in [-0.2, -0.15) is 0 Å². The molecule has 2 heterocycles. The first-order valence-corrected chi connectivity index (χ1v) is 7.21. The van der Waals surface area contributed by atoms with Gasteiger partial charge in [-0.3, -0.25) is 9.78 Å². The molecule has 5 heteroatoms. The smallest absolute Gasteiger partial charge is 0.231 e. The van der Waals surface area contributed by atoms with Crippen LogP contribution in [0.15, 0.2) is 54.7 Å². The molecule has 3 aromatic rings. The molecule has 0 saturated carbocycles. The number of rotatable bonds is 4. The van der Waals surface area contributed by atoms with Gasteiger partial charge in [-0.1, -0.05) is 18.2 Å². The van der Waals surface area contributed by atoms with Gasteiger partial charge < -0.3 is 14.2 Å². The average Bonchev–Trinajstić information content (AvgIpc) is 3.07. The molecule has 0 bridgehead atoms. The fourth-order valence-corrected chi connectivity index (χ4v) is 2.49. The number of carbonyl (C=O) groups is 1. The van der Waals surface area contributed by atoms with Crippen molar-refractivity contribution in [2.45, 2.75) is 0 Å². The topological polar surface area (TPSA) is 57.7 Å². The van der Waals surface area contributed by atoms with Crippen molar-refractivity contribution in [1.29, 1.82) is 0 Å². The summed E-state index contributed by atoms with van der Waals surface area (Å²) in [4.78, 5) is 16.6. The number of fused-ring (bicyclic) bond motifs is 2. The number of Topliss-reactive ketones (excluding diaryl/α,β-unsaturated/α-hetero) is 1. The third kappa shape index (κ3) is 2.57. The highest BCUT2D eigenvalue weighted by molar-refractivity contribution is 5.98. The Morgan fingerprint density at radius 2 is 1.96 bits per heavy atom. The lowest BCUT2D eigenvalue weighted by Crippen LogP contribution is -2.11. The normalized spacial score (nSPS) is 12.3. The van der Waals surface area contributed by atoms with E-state index < -0.39 is 0 Å². The van der Waals surface area contributed by atoms with Crippen molar-refractivity contribution < 1.29 is 19.0 Å². The Hall–Kier alpha value is -3.08. The van der Waals surface area contributed by atoms with Crippen molar-refractivity contribution in [1.82, 2.24) is 4.98 Å². The zero-order valence-corrected chi connectivity index (χ0v) is 12.2. The van der Waals surface area contributed by atoms with E-state index in [0.29, 0.717) is 22.8 Å². The van der Waals surface area contributed by atoms with Gasteiger partial charge in [0.1, 0.15) is 11.3 Å². The summed E-state index contributed by atoms with van der Waals surface area (Å²) < 4.78 is 16.2. The Balaban J connectivity index is 1.53. The lowest BCUT2D eigenvalue weighted by molar-refractivity contribution is 0.0922. The number of hydrogen-bond acceptors (Lipinski definition) is 5. The van der Waals surface area contributed by atoms with E-state index in [2.05, 4.69) is 4.98 Å². The minimum Gasteiger partial charge on any atom is -0.483 e. The zero-order valence-electron chi connectivity index (χ0n) is 12.2. The first-order chi connectivity index (χ1) is 11.3. The molecule has 1 aromatic heterocycles. The maximum atomic E-state index is 12.3. The molecule has 0 amide bonds. The predicted octanol–water partition coefficient (Wildman–Crippen LogP) is 3.23. The van der Waals surface area contributed by atoms with Crippen LogP contribution in [0.3, 0.4) is 0 Å². The molecule has 1 aliphatic heterocycles. The summed E-state index contributed by atoms with van der Waals surface area (Å²) >= 11 is 0. The molecule has 0 unspecified atom stereocenters. The number of aromatic nitrogens is 1. The van der Waals surface area contributed by atoms with Crippen LogP contribution < -0.4 is 14.2 Å². The number of pyridine rings is 1. The number of benzene rings is 2. The lowest BCUT2D eigenvalue weighted by atomic mass is 10.1. The summed E-state index contributed by atoms with van der Waals surface area (Å²) in [7, 11) is 0. The van der Waals surface area contributed by atoms with Gasteiger partial charge in [0.15, 0.2) is 23.9 Å². The number of ether oxygens (including phenoxy) is 3. The Kier molecular flexibility index (Phi) is 3.31. The molecular formula is C18H13NO4. The van der Waals surface area contributed by atoms with Crippen LogP contribution in [0.2, 0.25) is 0 Å². The maximum absolute atomic E-state index is 12.3. The summed E-state index contributed by atoms with van der Waals surface area (Å²) in [5, 5.41) is 0.973. The monoisotopic (exact) mass is 307 g/mol. The predicted molar refractivity (Wildman–Crippen MR) is 84.1 cm³/mol. The van der Waals surface area contributed by atoms with Crippen LogP contribution >= 0.6 is 0 Å². The van der Waals surface area contributed by atoms with E-state index in [1.54, 1.807) is 24.4 Å². The van der Waals surface area contributed by atoms with Crippen LogP contribution in [0.25, 0.3) is 10.9 Å². The summed E-state index contributed by atoms with van der Waals surface area (Å²) in [6, 6.07) is 14.6. The van der Waals surface area contributed by atoms with Gasteiger partial charge in [-0.05, 0) is 30.3 Å². The van der Waals surface area contributed by atoms with Gasteiger partial charge in [0.05, 0.1) is 0 Å². The fourth-order valence-electron chi connectivity index (χ4n) is 2.49. The molecule has 5 nitrogen and oxygen atoms in total.